The predicted molar refractivity (Wildman–Crippen MR) is 91.5 cm³/mol. The van der Waals surface area contributed by atoms with Crippen LogP contribution in [0.15, 0.2) is 0 Å². The number of hydrogen-bond acceptors (Lipinski definition) is 6. The van der Waals surface area contributed by atoms with Crippen molar-refractivity contribution in [2.24, 2.45) is 0 Å². The van der Waals surface area contributed by atoms with Crippen LogP contribution in [0.2, 0.25) is 0 Å². The molecule has 0 spiro atoms. The zero-order chi connectivity index (χ0) is 19.5. The Hall–Kier alpha value is 4.36. The Morgan fingerprint density at radius 1 is 0.400 bits per heavy atom. The van der Waals surface area contributed by atoms with E-state index in [9.17, 15) is 0 Å². The van der Waals surface area contributed by atoms with E-state index in [1.165, 1.54) is 0 Å². The molecule has 0 atom stereocenters. The van der Waals surface area contributed by atoms with E-state index in [1.54, 1.807) is 0 Å². The van der Waals surface area contributed by atoms with E-state index in [4.69, 9.17) is 86.5 Å². The van der Waals surface area contributed by atoms with Crippen LogP contribution in [0, 0.1) is 0 Å². The van der Waals surface area contributed by atoms with Crippen molar-refractivity contribution in [2.45, 2.75) is 19.3 Å². The van der Waals surface area contributed by atoms with Gasteiger partial charge in [-0.2, -0.15) is 0 Å². The zero-order valence-corrected chi connectivity index (χ0v) is 24.1. The van der Waals surface area contributed by atoms with Crippen LogP contribution in [0.25, 0.3) is 0 Å². The van der Waals surface area contributed by atoms with Gasteiger partial charge in [0.15, 0.2) is 0 Å². The summed E-state index contributed by atoms with van der Waals surface area (Å²) in [4.78, 5) is 0. The molecular weight excluding hydrogens is 608 g/mol. The molecule has 0 bridgehead atoms. The van der Waals surface area contributed by atoms with Crippen LogP contribution >= 0.6 is 55.8 Å². The largest absolute Gasteiger partial charge is 0 e. The Bertz CT molecular complexity index is 130. The molecule has 0 aromatic carbocycles. The third-order valence-corrected chi connectivity index (χ3v) is 0.949. The van der Waals surface area contributed by atoms with Crippen LogP contribution < -0.4 is 0 Å². The molecule has 6 N–H and O–H groups in total. The van der Waals surface area contributed by atoms with E-state index in [0.717, 1.165) is 0 Å². The fourth-order valence-corrected chi connectivity index (χ4v) is 0.212. The van der Waals surface area contributed by atoms with E-state index in [1.807, 2.05) is 0 Å². The van der Waals surface area contributed by atoms with Gasteiger partial charge in [-0.05, 0) is 19.3 Å². The van der Waals surface area contributed by atoms with Crippen molar-refractivity contribution in [3.63, 3.8) is 0 Å². The van der Waals surface area contributed by atoms with Gasteiger partial charge in [-0.1, -0.05) is 0 Å². The molecule has 0 aliphatic carbocycles. The molecule has 0 radical (unpaired) electrons. The van der Waals surface area contributed by atoms with E-state index in [-0.39, 0.29) is 83.1 Å². The van der Waals surface area contributed by atoms with Gasteiger partial charge in [0.25, 0.3) is 0 Å². The minimum atomic E-state index is -1.92. The molecule has 25 heavy (non-hydrogen) atoms. The van der Waals surface area contributed by atoms with Crippen LogP contribution in [-0.2, 0) is 72.8 Å². The first kappa shape index (κ1) is 47.2. The molecule has 6 nitrogen and oxygen atoms in total. The molecule has 154 valence electrons. The van der Waals surface area contributed by atoms with Gasteiger partial charge in [-0.3, -0.25) is 0 Å². The van der Waals surface area contributed by atoms with Crippen LogP contribution in [0.4, 0.5) is 0 Å². The first-order valence-electron chi connectivity index (χ1n) is 6.03. The molecule has 0 fully saturated rings. The van der Waals surface area contributed by atoms with Crippen LogP contribution in [0.1, 0.15) is 19.3 Å². The summed E-state index contributed by atoms with van der Waals surface area (Å²) in [5.74, 6) is 0. The van der Waals surface area contributed by atoms with Gasteiger partial charge in [-0.25, -0.2) is 0 Å². The molecule has 0 aromatic heterocycles. The quantitative estimate of drug-likeness (QED) is 0.250. The summed E-state index contributed by atoms with van der Waals surface area (Å²) in [5, 5.41) is 47.4. The van der Waals surface area contributed by atoms with Crippen LogP contribution in [0.5, 0.6) is 0 Å². The van der Waals surface area contributed by atoms with E-state index in [0.29, 0.717) is 19.3 Å². The normalized spacial score (nSPS) is 7.20. The SMILES string of the molecule is OCCCO.OCCCO.OCCCO.[Cl][Ti]([Cl])[Cl].[Cl][Ti]([Cl])[Cl].[Ti].[Ti]. The van der Waals surface area contributed by atoms with Gasteiger partial charge >= 0.3 is 85.2 Å². The summed E-state index contributed by atoms with van der Waals surface area (Å²) in [6.07, 6.45) is 1.50. The first-order chi connectivity index (χ1) is 10.7. The van der Waals surface area contributed by atoms with Crippen molar-refractivity contribution < 1.29 is 103 Å². The van der Waals surface area contributed by atoms with Gasteiger partial charge in [-0.15, -0.1) is 0 Å². The molecular formula is C9H24Cl6O6Ti4. The van der Waals surface area contributed by atoms with Crippen molar-refractivity contribution in [1.82, 2.24) is 0 Å². The Labute approximate surface area is 215 Å². The van der Waals surface area contributed by atoms with Crippen LogP contribution in [0.3, 0.4) is 0 Å². The molecule has 0 unspecified atom stereocenters. The van der Waals surface area contributed by atoms with E-state index < -0.39 is 29.4 Å². The number of hydrogen-bond donors (Lipinski definition) is 6. The van der Waals surface area contributed by atoms with E-state index >= 15 is 0 Å². The van der Waals surface area contributed by atoms with Crippen molar-refractivity contribution >= 4 is 55.8 Å². The molecule has 0 heterocycles. The molecule has 0 aliphatic rings. The number of aliphatic hydroxyl groups is 6. The van der Waals surface area contributed by atoms with Gasteiger partial charge < -0.3 is 30.6 Å². The smallest absolute Gasteiger partial charge is 0 e. The maximum Gasteiger partial charge on any atom is 0 e. The number of aliphatic hydroxyl groups excluding tert-OH is 6. The topological polar surface area (TPSA) is 121 Å². The van der Waals surface area contributed by atoms with Gasteiger partial charge in [0, 0.05) is 83.1 Å². The molecule has 0 aromatic rings. The minimum absolute atomic E-state index is 0. The molecule has 0 saturated heterocycles. The summed E-state index contributed by atoms with van der Waals surface area (Å²) in [6, 6.07) is 0. The predicted octanol–water partition coefficient (Wildman–Crippen LogP) is 2.21. The fraction of sp³-hybridized carbons (Fsp3) is 1.00. The monoisotopic (exact) mass is 630 g/mol. The summed E-state index contributed by atoms with van der Waals surface area (Å²) in [5.41, 5.74) is 0. The van der Waals surface area contributed by atoms with Crippen molar-refractivity contribution in [2.75, 3.05) is 39.6 Å². The molecule has 16 heteroatoms. The number of rotatable bonds is 6. The molecule has 0 rings (SSSR count). The Morgan fingerprint density at radius 2 is 0.480 bits per heavy atom. The molecule has 0 saturated carbocycles. The summed E-state index contributed by atoms with van der Waals surface area (Å²) < 4.78 is 0. The second-order valence-corrected chi connectivity index (χ2v) is 18.3. The zero-order valence-electron chi connectivity index (χ0n) is 13.3. The average molecular weight is 632 g/mol. The first-order valence-corrected chi connectivity index (χ1v) is 18.9. The molecule has 0 amide bonds. The third kappa shape index (κ3) is 184. The maximum absolute atomic E-state index is 7.91. The standard InChI is InChI=1S/3C3H8O2.6ClH.4Ti/c3*4-2-1-3-5;;;;;;;;;;/h3*4-5H,1-3H2;6*1H;;;;/q;;;;;;;;;;;2*+3/p-6. The number of halogens is 6. The van der Waals surface area contributed by atoms with Crippen molar-refractivity contribution in [3.8, 4) is 0 Å². The maximum atomic E-state index is 7.91. The fourth-order valence-electron chi connectivity index (χ4n) is 0.212. The Morgan fingerprint density at radius 3 is 0.480 bits per heavy atom. The third-order valence-electron chi connectivity index (χ3n) is 0.949. The minimum Gasteiger partial charge on any atom is 0 e. The van der Waals surface area contributed by atoms with Gasteiger partial charge in [0.2, 0.25) is 0 Å². The summed E-state index contributed by atoms with van der Waals surface area (Å²) >= 11 is -3.83. The average Bonchev–Trinajstić information content (AvgIpc) is 2.41. The van der Waals surface area contributed by atoms with Crippen molar-refractivity contribution in [1.29, 1.82) is 0 Å². The van der Waals surface area contributed by atoms with Crippen molar-refractivity contribution in [3.05, 3.63) is 0 Å². The Kier molecular flexibility index (Phi) is 107. The second kappa shape index (κ2) is 56.6. The second-order valence-electron chi connectivity index (χ2n) is 2.83. The van der Waals surface area contributed by atoms with Gasteiger partial charge in [0.1, 0.15) is 0 Å². The van der Waals surface area contributed by atoms with E-state index in [2.05, 4.69) is 0 Å². The van der Waals surface area contributed by atoms with Crippen LogP contribution in [-0.4, -0.2) is 70.3 Å². The Balaban J connectivity index is -0.0000000319. The summed E-state index contributed by atoms with van der Waals surface area (Å²) in [6.45, 7) is 0.562. The molecule has 0 aliphatic heterocycles. The van der Waals surface area contributed by atoms with Gasteiger partial charge in [0.05, 0.1) is 0 Å². The summed E-state index contributed by atoms with van der Waals surface area (Å²) in [7, 11) is 29.8.